The summed E-state index contributed by atoms with van der Waals surface area (Å²) in [6, 6.07) is 14.6. The van der Waals surface area contributed by atoms with Gasteiger partial charge in [0.1, 0.15) is 23.1 Å². The van der Waals surface area contributed by atoms with Crippen molar-refractivity contribution in [2.45, 2.75) is 31.3 Å². The van der Waals surface area contributed by atoms with E-state index < -0.39 is 5.56 Å². The predicted octanol–water partition coefficient (Wildman–Crippen LogP) is 4.35. The maximum absolute atomic E-state index is 12.5. The van der Waals surface area contributed by atoms with Crippen LogP contribution in [0.15, 0.2) is 52.4 Å². The molecule has 1 amide bonds. The van der Waals surface area contributed by atoms with Crippen LogP contribution in [0.5, 0.6) is 11.5 Å². The number of anilines is 1. The molecule has 0 fully saturated rings. The number of thioether (sulfide) groups is 1. The van der Waals surface area contributed by atoms with Crippen LogP contribution in [0.1, 0.15) is 31.9 Å². The fourth-order valence-corrected chi connectivity index (χ4v) is 3.85. The summed E-state index contributed by atoms with van der Waals surface area (Å²) in [6.45, 7) is 6.32. The monoisotopic (exact) mass is 478 g/mol. The number of carbonyl (C=O) groups is 1. The first kappa shape index (κ1) is 24.9. The number of benzene rings is 2. The van der Waals surface area contributed by atoms with Crippen LogP contribution in [-0.2, 0) is 10.2 Å². The number of aromatic nitrogens is 2. The van der Waals surface area contributed by atoms with Crippen molar-refractivity contribution in [3.05, 3.63) is 63.9 Å². The molecule has 1 aromatic heterocycles. The Morgan fingerprint density at radius 1 is 1.15 bits per heavy atom. The Hall–Kier alpha value is -3.77. The van der Waals surface area contributed by atoms with Crippen LogP contribution in [0.3, 0.4) is 0 Å². The third-order valence-corrected chi connectivity index (χ3v) is 5.93. The van der Waals surface area contributed by atoms with Crippen LogP contribution in [0.4, 0.5) is 5.69 Å². The molecule has 2 N–H and O–H groups in total. The zero-order valence-corrected chi connectivity index (χ0v) is 20.5. The first-order chi connectivity index (χ1) is 16.2. The smallest absolute Gasteiger partial charge is 0.270 e. The molecular weight excluding hydrogens is 452 g/mol. The van der Waals surface area contributed by atoms with Gasteiger partial charge in [-0.15, -0.1) is 0 Å². The lowest BCUT2D eigenvalue weighted by Crippen LogP contribution is -2.18. The van der Waals surface area contributed by atoms with Gasteiger partial charge in [-0.2, -0.15) is 5.26 Å². The molecule has 0 spiro atoms. The van der Waals surface area contributed by atoms with Crippen molar-refractivity contribution in [1.82, 2.24) is 9.97 Å². The van der Waals surface area contributed by atoms with Gasteiger partial charge < -0.3 is 19.8 Å². The van der Waals surface area contributed by atoms with Crippen molar-refractivity contribution in [3.8, 4) is 28.8 Å². The number of nitriles is 1. The van der Waals surface area contributed by atoms with Crippen LogP contribution in [0.2, 0.25) is 0 Å². The molecule has 0 aliphatic carbocycles. The van der Waals surface area contributed by atoms with E-state index in [1.165, 1.54) is 14.2 Å². The van der Waals surface area contributed by atoms with Crippen LogP contribution >= 0.6 is 11.8 Å². The molecule has 176 valence electrons. The van der Waals surface area contributed by atoms with Gasteiger partial charge in [0.25, 0.3) is 5.56 Å². The van der Waals surface area contributed by atoms with Gasteiger partial charge in [0.15, 0.2) is 5.16 Å². The Balaban J connectivity index is 1.81. The number of H-pyrrole nitrogens is 1. The molecule has 0 saturated heterocycles. The number of amides is 1. The molecule has 3 rings (SSSR count). The minimum Gasteiger partial charge on any atom is -0.497 e. The standard InChI is InChI=1S/C25H26N4O4S/c1-25(2,3)16-8-6-15(7-9-16)22-18(13-26)23(31)29-24(28-22)34-14-21(30)27-19-12-17(32-4)10-11-20(19)33-5/h6-12H,14H2,1-5H3,(H,27,30)(H,28,29,31). The van der Waals surface area contributed by atoms with Crippen LogP contribution in [-0.4, -0.2) is 35.8 Å². The van der Waals surface area contributed by atoms with Gasteiger partial charge in [0.05, 0.1) is 31.4 Å². The second-order valence-electron chi connectivity index (χ2n) is 8.44. The van der Waals surface area contributed by atoms with Gasteiger partial charge in [-0.3, -0.25) is 9.59 Å². The summed E-state index contributed by atoms with van der Waals surface area (Å²) in [5, 5.41) is 12.5. The summed E-state index contributed by atoms with van der Waals surface area (Å²) in [6.07, 6.45) is 0. The average Bonchev–Trinajstić information content (AvgIpc) is 2.81. The molecule has 0 aliphatic heterocycles. The van der Waals surface area contributed by atoms with Crippen molar-refractivity contribution < 1.29 is 14.3 Å². The number of hydrogen-bond acceptors (Lipinski definition) is 7. The first-order valence-electron chi connectivity index (χ1n) is 10.5. The van der Waals surface area contributed by atoms with E-state index >= 15 is 0 Å². The maximum Gasteiger partial charge on any atom is 0.270 e. The number of ether oxygens (including phenoxy) is 2. The highest BCUT2D eigenvalue weighted by Crippen LogP contribution is 2.30. The summed E-state index contributed by atoms with van der Waals surface area (Å²) in [7, 11) is 3.04. The molecule has 0 unspecified atom stereocenters. The summed E-state index contributed by atoms with van der Waals surface area (Å²) >= 11 is 1.06. The SMILES string of the molecule is COc1ccc(OC)c(NC(=O)CSc2nc(-c3ccc(C(C)(C)C)cc3)c(C#N)c(=O)[nH]2)c1. The van der Waals surface area contributed by atoms with Gasteiger partial charge in [0, 0.05) is 11.6 Å². The number of carbonyl (C=O) groups excluding carboxylic acids is 1. The molecule has 9 heteroatoms. The highest BCUT2D eigenvalue weighted by Gasteiger charge is 2.17. The number of aromatic amines is 1. The number of rotatable bonds is 7. The van der Waals surface area contributed by atoms with Gasteiger partial charge >= 0.3 is 0 Å². The minimum atomic E-state index is -0.551. The third-order valence-electron chi connectivity index (χ3n) is 5.05. The lowest BCUT2D eigenvalue weighted by molar-refractivity contribution is -0.113. The van der Waals surface area contributed by atoms with E-state index in [1.807, 2.05) is 30.3 Å². The Kier molecular flexibility index (Phi) is 7.64. The van der Waals surface area contributed by atoms with Gasteiger partial charge in [-0.1, -0.05) is 56.8 Å². The van der Waals surface area contributed by atoms with Crippen LogP contribution < -0.4 is 20.3 Å². The Morgan fingerprint density at radius 2 is 1.85 bits per heavy atom. The zero-order valence-electron chi connectivity index (χ0n) is 19.7. The molecule has 1 heterocycles. The van der Waals surface area contributed by atoms with E-state index in [2.05, 4.69) is 36.1 Å². The topological polar surface area (TPSA) is 117 Å². The van der Waals surface area contributed by atoms with Gasteiger partial charge in [-0.05, 0) is 23.1 Å². The molecule has 0 saturated carbocycles. The lowest BCUT2D eigenvalue weighted by atomic mass is 9.86. The lowest BCUT2D eigenvalue weighted by Gasteiger charge is -2.19. The van der Waals surface area contributed by atoms with Crippen molar-refractivity contribution >= 4 is 23.4 Å². The number of methoxy groups -OCH3 is 2. The summed E-state index contributed by atoms with van der Waals surface area (Å²) < 4.78 is 10.5. The van der Waals surface area contributed by atoms with Crippen molar-refractivity contribution in [2.75, 3.05) is 25.3 Å². The zero-order chi connectivity index (χ0) is 24.9. The normalized spacial score (nSPS) is 10.9. The van der Waals surface area contributed by atoms with E-state index in [9.17, 15) is 14.9 Å². The summed E-state index contributed by atoms with van der Waals surface area (Å²) in [5.74, 6) is 0.728. The Labute approximate surface area is 202 Å². The molecule has 0 aliphatic rings. The van der Waals surface area contributed by atoms with Crippen LogP contribution in [0, 0.1) is 11.3 Å². The highest BCUT2D eigenvalue weighted by atomic mass is 32.2. The molecule has 8 nitrogen and oxygen atoms in total. The molecular formula is C25H26N4O4S. The summed E-state index contributed by atoms with van der Waals surface area (Å²) in [5.41, 5.74) is 1.88. The molecule has 0 radical (unpaired) electrons. The van der Waals surface area contributed by atoms with E-state index in [1.54, 1.807) is 18.2 Å². The second kappa shape index (κ2) is 10.4. The van der Waals surface area contributed by atoms with E-state index in [0.717, 1.165) is 17.3 Å². The summed E-state index contributed by atoms with van der Waals surface area (Å²) in [4.78, 5) is 32.1. The first-order valence-corrected chi connectivity index (χ1v) is 11.4. The fourth-order valence-electron chi connectivity index (χ4n) is 3.19. The molecule has 2 aromatic carbocycles. The van der Waals surface area contributed by atoms with Crippen molar-refractivity contribution in [3.63, 3.8) is 0 Å². The number of nitrogens with zero attached hydrogens (tertiary/aromatic N) is 2. The van der Waals surface area contributed by atoms with Crippen molar-refractivity contribution in [2.24, 2.45) is 0 Å². The molecule has 34 heavy (non-hydrogen) atoms. The maximum atomic E-state index is 12.5. The predicted molar refractivity (Wildman–Crippen MR) is 133 cm³/mol. The number of nitrogens with one attached hydrogen (secondary N) is 2. The molecule has 3 aromatic rings. The van der Waals surface area contributed by atoms with Crippen LogP contribution in [0.25, 0.3) is 11.3 Å². The second-order valence-corrected chi connectivity index (χ2v) is 9.40. The van der Waals surface area contributed by atoms with E-state index in [-0.39, 0.29) is 33.5 Å². The largest absolute Gasteiger partial charge is 0.497 e. The number of hydrogen-bond donors (Lipinski definition) is 2. The fraction of sp³-hybridized carbons (Fsp3) is 0.280. The minimum absolute atomic E-state index is 0.0163. The average molecular weight is 479 g/mol. The molecule has 0 atom stereocenters. The van der Waals surface area contributed by atoms with Crippen molar-refractivity contribution in [1.29, 1.82) is 5.26 Å². The Bertz CT molecular complexity index is 1290. The van der Waals surface area contributed by atoms with Gasteiger partial charge in [-0.25, -0.2) is 4.98 Å². The van der Waals surface area contributed by atoms with Gasteiger partial charge in [0.2, 0.25) is 5.91 Å². The Morgan fingerprint density at radius 3 is 2.44 bits per heavy atom. The third kappa shape index (κ3) is 5.77. The van der Waals surface area contributed by atoms with E-state index in [0.29, 0.717) is 22.7 Å². The highest BCUT2D eigenvalue weighted by molar-refractivity contribution is 7.99. The van der Waals surface area contributed by atoms with E-state index in [4.69, 9.17) is 9.47 Å². The quantitative estimate of drug-likeness (QED) is 0.383. The molecule has 0 bridgehead atoms.